The summed E-state index contributed by atoms with van der Waals surface area (Å²) in [5, 5.41) is 46.8. The first-order valence-electron chi connectivity index (χ1n) is 51.5. The molecular formula is C109H159N11O28. The molecule has 4 aromatic rings. The minimum absolute atomic E-state index is 0.000620. The fraction of sp³-hybridized carbons (Fsp3) is 0.606. The highest BCUT2D eigenvalue weighted by Gasteiger charge is 2.45. The Balaban J connectivity index is 1.07. The van der Waals surface area contributed by atoms with E-state index in [2.05, 4.69) is 46.8 Å². The van der Waals surface area contributed by atoms with Crippen LogP contribution in [-0.2, 0) is 142 Å². The minimum atomic E-state index is -1.45. The maximum absolute atomic E-state index is 15.0. The molecule has 12 N–H and O–H groups in total. The molecule has 1 fully saturated rings. The number of benzene rings is 4. The zero-order valence-corrected chi connectivity index (χ0v) is 88.3. The molecule has 10 amide bonds. The number of carboxylic acid groups (broad SMARTS) is 3. The van der Waals surface area contributed by atoms with Crippen LogP contribution in [0.2, 0.25) is 0 Å². The summed E-state index contributed by atoms with van der Waals surface area (Å²) in [6.07, 6.45) is 0.0564. The van der Waals surface area contributed by atoms with Crippen LogP contribution in [0.25, 0.3) is 0 Å². The number of carboxylic acids is 3. The number of Topliss-reactive ketones (excluding diaryl/α,β-unsaturated/α-hetero) is 6. The first-order valence-corrected chi connectivity index (χ1v) is 51.5. The van der Waals surface area contributed by atoms with E-state index in [1.807, 2.05) is 119 Å². The van der Waals surface area contributed by atoms with E-state index in [4.69, 9.17) is 30.0 Å². The van der Waals surface area contributed by atoms with Gasteiger partial charge in [0, 0.05) is 136 Å². The first kappa shape index (κ1) is 126. The molecule has 5 rings (SSSR count). The number of rotatable bonds is 75. The minimum Gasteiger partial charge on any atom is -0.481 e. The number of aliphatic carboxylic acids is 3. The second-order valence-electron chi connectivity index (χ2n) is 39.5. The van der Waals surface area contributed by atoms with Crippen LogP contribution in [0.5, 0.6) is 0 Å². The third-order valence-corrected chi connectivity index (χ3v) is 27.3. The number of likely N-dealkylation sites (tertiary alicyclic amines) is 1. The summed E-state index contributed by atoms with van der Waals surface area (Å²) in [6.45, 7) is 17.5. The van der Waals surface area contributed by atoms with Crippen molar-refractivity contribution in [3.8, 4) is 0 Å². The second kappa shape index (κ2) is 67.4. The van der Waals surface area contributed by atoms with Gasteiger partial charge in [-0.2, -0.15) is 0 Å². The summed E-state index contributed by atoms with van der Waals surface area (Å²) in [4.78, 5) is 262. The number of likely N-dealkylation sites (N-methyl/N-ethyl adjacent to an activating group) is 2. The third kappa shape index (κ3) is 44.8. The van der Waals surface area contributed by atoms with E-state index in [-0.39, 0.29) is 194 Å². The van der Waals surface area contributed by atoms with Gasteiger partial charge in [0.2, 0.25) is 41.4 Å². The number of nitrogens with two attached hydrogens (primary N) is 1. The molecule has 1 unspecified atom stereocenters. The molecule has 0 bridgehead atoms. The number of nitrogens with one attached hydrogen (secondary N) is 7. The highest BCUT2D eigenvalue weighted by molar-refractivity contribution is 5.97. The number of nitrogens with zero attached hydrogens (tertiary/aromatic N) is 3. The van der Waals surface area contributed by atoms with Crippen LogP contribution in [0.15, 0.2) is 115 Å². The number of hydrogen-bond acceptors (Lipinski definition) is 26. The van der Waals surface area contributed by atoms with Crippen LogP contribution in [0.4, 0.5) is 9.59 Å². The van der Waals surface area contributed by atoms with Crippen LogP contribution < -0.4 is 43.1 Å². The Morgan fingerprint density at radius 1 is 0.500 bits per heavy atom. The molecule has 16 atom stereocenters. The van der Waals surface area contributed by atoms with Crippen molar-refractivity contribution in [2.45, 2.75) is 304 Å². The molecule has 818 valence electrons. The van der Waals surface area contributed by atoms with Crippen molar-refractivity contribution in [3.63, 3.8) is 0 Å². The van der Waals surface area contributed by atoms with E-state index in [9.17, 15) is 101 Å². The maximum Gasteiger partial charge on any atom is 0.410 e. The van der Waals surface area contributed by atoms with Gasteiger partial charge in [-0.1, -0.05) is 210 Å². The van der Waals surface area contributed by atoms with Crippen LogP contribution in [0.3, 0.4) is 0 Å². The van der Waals surface area contributed by atoms with E-state index in [0.29, 0.717) is 62.6 Å². The molecule has 0 spiro atoms. The molecule has 148 heavy (non-hydrogen) atoms. The summed E-state index contributed by atoms with van der Waals surface area (Å²) >= 11 is 0. The zero-order valence-electron chi connectivity index (χ0n) is 88.3. The Kier molecular flexibility index (Phi) is 57.3. The molecule has 4 aromatic carbocycles. The average Bonchev–Trinajstić information content (AvgIpc) is 1.35. The normalized spacial score (nSPS) is 15.4. The standard InChI is InChI=1S/C109H159N11O28/c1-15-71(8)101(93(143-13)64-98(131)120-53-31-39-87(120)102(144-14)72(9)88(123)61-80(106(137)138)57-75-34-25-21-26-35-75)118(11)105(136)83(69(4)5)63-92(127)100(70(6)7)119(12)109(142)146-65-78-43-41-77(42-44-78)59-89(124)73(10)113-104(135)82(68(2)3)62-91(126)84(114-96(130)66-148-110)47-48-94(128)111-51-54-145-55-52-112-103(134)79(56-74-32-23-20-24-33-74)60-90(125)86(58-76-36-27-22-28-37-76)115-95(129)40-30-19-17-16-18-29-38-81(122)45-46-85(107(139)140)116-108(141)117-97(147-67-121)49-50-99(132)133/h20-28,32-37,41-44,67-73,79-80,82-87,93,97,100-102H,15-19,29-31,38-40,45-66,110H2,1-14H3,(H,111,128)(H,112,134)(H,113,135)(H,114,130)(H,115,129)(H,132,133)(H,137,138)(H,139,140)(H2,116,117,141)/t71-,72-,73-,79+,80+,82-,83-,84?,85-,86-,87-,93+,97+,100-,101-,102+/m0/s1. The summed E-state index contributed by atoms with van der Waals surface area (Å²) in [7, 11) is 6.08. The molecule has 1 aliphatic heterocycles. The van der Waals surface area contributed by atoms with E-state index >= 15 is 0 Å². The monoisotopic (exact) mass is 2070 g/mol. The number of urea groups is 1. The van der Waals surface area contributed by atoms with Gasteiger partial charge < -0.3 is 90.9 Å². The van der Waals surface area contributed by atoms with Crippen LogP contribution >= 0.6 is 0 Å². The van der Waals surface area contributed by atoms with E-state index in [0.717, 1.165) is 29.5 Å². The smallest absolute Gasteiger partial charge is 0.410 e. The van der Waals surface area contributed by atoms with Gasteiger partial charge in [-0.3, -0.25) is 81.6 Å². The first-order chi connectivity index (χ1) is 70.4. The Morgan fingerprint density at radius 3 is 1.60 bits per heavy atom. The molecular weight excluding hydrogens is 1910 g/mol. The SMILES string of the molecule is CC[C@H](C)[C@@H]([C@@H](CC(=O)N1CCC[C@H]1[C@H](OC)[C@@H](C)C(=O)C[C@@H](Cc1ccccc1)C(=O)O)OC)N(C)C(=O)[C@@H](CC(=O)[C@H](C(C)C)N(C)C(=O)OCc1ccc(CC(=O)[C@H](C)NC(=O)[C@@H](CC(=O)C(CCC(=O)NCCOCCNC(=O)[C@@H](CC(=O)[C@H](Cc2ccccc2)NC(=O)CCCCCCCCC(=O)CC[C@H](NC(=O)N[C@@H](CCC(=O)O)OC=O)C(=O)O)Cc2ccccc2)NC(=O)CON)C(C)C)cc1)C(C)C. The number of ether oxygens (including phenoxy) is 5. The average molecular weight is 2070 g/mol. The van der Waals surface area contributed by atoms with Crippen molar-refractivity contribution >= 4 is 113 Å². The lowest BCUT2D eigenvalue weighted by Crippen LogP contribution is -2.54. The zero-order chi connectivity index (χ0) is 110. The van der Waals surface area contributed by atoms with Gasteiger partial charge in [-0.05, 0) is 116 Å². The highest BCUT2D eigenvalue weighted by atomic mass is 16.6. The predicted molar refractivity (Wildman–Crippen MR) is 548 cm³/mol. The van der Waals surface area contributed by atoms with Gasteiger partial charge in [0.15, 0.2) is 29.4 Å². The molecule has 0 aliphatic carbocycles. The van der Waals surface area contributed by atoms with E-state index < -0.39 is 181 Å². The fourth-order valence-electron chi connectivity index (χ4n) is 18.5. The summed E-state index contributed by atoms with van der Waals surface area (Å²) in [5.41, 5.74) is 3.49. The quantitative estimate of drug-likeness (QED) is 0.00847. The largest absolute Gasteiger partial charge is 0.481 e. The molecule has 0 saturated carbocycles. The van der Waals surface area contributed by atoms with Crippen LogP contribution in [-0.4, -0.2) is 271 Å². The van der Waals surface area contributed by atoms with E-state index in [1.54, 1.807) is 75.7 Å². The van der Waals surface area contributed by atoms with Gasteiger partial charge in [-0.25, -0.2) is 20.3 Å². The van der Waals surface area contributed by atoms with Crippen molar-refractivity contribution < 1.29 is 135 Å². The van der Waals surface area contributed by atoms with Crippen molar-refractivity contribution in [1.29, 1.82) is 0 Å². The number of carbonyl (C=O) groups excluding carboxylic acids is 16. The lowest BCUT2D eigenvalue weighted by Gasteiger charge is -2.41. The third-order valence-electron chi connectivity index (χ3n) is 27.3. The van der Waals surface area contributed by atoms with Crippen molar-refractivity contribution in [2.75, 3.05) is 67.8 Å². The molecule has 1 heterocycles. The second-order valence-corrected chi connectivity index (χ2v) is 39.5. The number of hydrogen-bond donors (Lipinski definition) is 11. The Hall–Kier alpha value is -12.6. The molecule has 0 radical (unpaired) electrons. The van der Waals surface area contributed by atoms with Crippen LogP contribution in [0, 0.1) is 53.3 Å². The number of carbonyl (C=O) groups is 19. The molecule has 0 aromatic heterocycles. The van der Waals surface area contributed by atoms with Crippen LogP contribution in [0.1, 0.15) is 238 Å². The summed E-state index contributed by atoms with van der Waals surface area (Å²) < 4.78 is 28.3. The maximum atomic E-state index is 15.0. The van der Waals surface area contributed by atoms with Crippen molar-refractivity contribution in [1.82, 2.24) is 51.9 Å². The summed E-state index contributed by atoms with van der Waals surface area (Å²) in [6, 6.07) is 26.1. The number of amides is 10. The molecule has 1 aliphatic rings. The Bertz CT molecular complexity index is 4910. The van der Waals surface area contributed by atoms with Gasteiger partial charge >= 0.3 is 30.0 Å². The number of ketones is 6. The fourth-order valence-corrected chi connectivity index (χ4v) is 18.5. The summed E-state index contributed by atoms with van der Waals surface area (Å²) in [5.74, 6) is -9.76. The van der Waals surface area contributed by atoms with Gasteiger partial charge in [0.25, 0.3) is 6.47 Å². The number of unbranched alkanes of at least 4 members (excludes halogenated alkanes) is 5. The van der Waals surface area contributed by atoms with Crippen molar-refractivity contribution in [2.24, 2.45) is 59.2 Å². The Labute approximate surface area is 868 Å². The van der Waals surface area contributed by atoms with E-state index in [1.165, 1.54) is 33.1 Å². The van der Waals surface area contributed by atoms with Gasteiger partial charge in [0.05, 0.1) is 80.4 Å². The van der Waals surface area contributed by atoms with Gasteiger partial charge in [0.1, 0.15) is 30.8 Å². The topological polar surface area (TPSA) is 560 Å². The lowest BCUT2D eigenvalue weighted by atomic mass is 9.83. The van der Waals surface area contributed by atoms with Gasteiger partial charge in [-0.15, -0.1) is 0 Å². The predicted octanol–water partition coefficient (Wildman–Crippen LogP) is 9.72. The molecule has 39 heteroatoms. The number of methoxy groups -OCH3 is 2. The molecule has 1 saturated heterocycles. The lowest BCUT2D eigenvalue weighted by molar-refractivity contribution is -0.149. The van der Waals surface area contributed by atoms with Crippen molar-refractivity contribution in [3.05, 3.63) is 143 Å². The Morgan fingerprint density at radius 2 is 1.05 bits per heavy atom. The highest BCUT2D eigenvalue weighted by Crippen LogP contribution is 2.34. The molecule has 39 nitrogen and oxygen atoms in total.